The first kappa shape index (κ1) is 17.1. The summed E-state index contributed by atoms with van der Waals surface area (Å²) in [4.78, 5) is 12.0. The first-order chi connectivity index (χ1) is 9.47. The van der Waals surface area contributed by atoms with Crippen molar-refractivity contribution in [1.82, 2.24) is 0 Å². The molecule has 1 aromatic rings. The molecule has 1 aromatic carbocycles. The molecule has 0 aliphatic heterocycles. The van der Waals surface area contributed by atoms with Crippen LogP contribution >= 0.6 is 23.4 Å². The molecular weight excluding hydrogens is 302 g/mol. The third kappa shape index (κ3) is 5.20. The van der Waals surface area contributed by atoms with Crippen molar-refractivity contribution in [3.05, 3.63) is 23.2 Å². The van der Waals surface area contributed by atoms with Crippen LogP contribution in [0.3, 0.4) is 0 Å². The Kier molecular flexibility index (Phi) is 7.15. The Hall–Kier alpha value is -0.950. The molecule has 112 valence electrons. The summed E-state index contributed by atoms with van der Waals surface area (Å²) in [5.41, 5.74) is 0.500. The van der Waals surface area contributed by atoms with Crippen molar-refractivity contribution in [3.8, 4) is 5.75 Å². The average Bonchev–Trinajstić information content (AvgIpc) is 2.44. The Balaban J connectivity index is 2.63. The summed E-state index contributed by atoms with van der Waals surface area (Å²) in [6, 6.07) is 4.95. The zero-order valence-electron chi connectivity index (χ0n) is 11.3. The summed E-state index contributed by atoms with van der Waals surface area (Å²) >= 11 is 7.14. The highest BCUT2D eigenvalue weighted by Gasteiger charge is 2.17. The van der Waals surface area contributed by atoms with Crippen LogP contribution in [0.4, 0.5) is 5.69 Å². The highest BCUT2D eigenvalue weighted by Crippen LogP contribution is 2.28. The molecule has 0 aromatic heterocycles. The van der Waals surface area contributed by atoms with Gasteiger partial charge in [-0.3, -0.25) is 4.79 Å². The molecule has 1 amide bonds. The number of carbonyl (C=O) groups is 1. The van der Waals surface area contributed by atoms with Crippen molar-refractivity contribution in [3.63, 3.8) is 0 Å². The van der Waals surface area contributed by atoms with Gasteiger partial charge in [0.1, 0.15) is 5.75 Å². The third-order valence-corrected chi connectivity index (χ3v) is 4.06. The fourth-order valence-corrected chi connectivity index (χ4v) is 2.39. The minimum absolute atomic E-state index is 0.222. The quantitative estimate of drug-likeness (QED) is 0.714. The van der Waals surface area contributed by atoms with E-state index in [4.69, 9.17) is 21.4 Å². The topological polar surface area (TPSA) is 78.8 Å². The van der Waals surface area contributed by atoms with E-state index in [-0.39, 0.29) is 23.5 Å². The molecule has 0 fully saturated rings. The van der Waals surface area contributed by atoms with E-state index in [9.17, 15) is 9.90 Å². The summed E-state index contributed by atoms with van der Waals surface area (Å²) in [6.45, 7) is 1.41. The van der Waals surface area contributed by atoms with E-state index in [1.54, 1.807) is 25.1 Å². The minimum atomic E-state index is -0.823. The van der Waals surface area contributed by atoms with Crippen molar-refractivity contribution in [1.29, 1.82) is 0 Å². The van der Waals surface area contributed by atoms with Crippen molar-refractivity contribution in [2.45, 2.75) is 18.3 Å². The SMILES string of the molecule is COc1ccc(Cl)cc1NC(=O)[C@H](C)SC[C@@H](O)CO. The van der Waals surface area contributed by atoms with Gasteiger partial charge in [-0.15, -0.1) is 11.8 Å². The number of amides is 1. The van der Waals surface area contributed by atoms with Crippen molar-refractivity contribution < 1.29 is 19.7 Å². The molecule has 0 aliphatic rings. The van der Waals surface area contributed by atoms with Gasteiger partial charge in [-0.05, 0) is 25.1 Å². The van der Waals surface area contributed by atoms with Crippen LogP contribution in [-0.4, -0.2) is 46.9 Å². The molecule has 0 saturated heterocycles. The number of methoxy groups -OCH3 is 1. The zero-order chi connectivity index (χ0) is 15.1. The highest BCUT2D eigenvalue weighted by molar-refractivity contribution is 8.00. The van der Waals surface area contributed by atoms with Crippen LogP contribution in [0.1, 0.15) is 6.92 Å². The van der Waals surface area contributed by atoms with Crippen molar-refractivity contribution in [2.75, 3.05) is 24.8 Å². The molecule has 0 spiro atoms. The number of aliphatic hydroxyl groups is 2. The van der Waals surface area contributed by atoms with Gasteiger partial charge in [0.2, 0.25) is 5.91 Å². The number of anilines is 1. The second kappa shape index (κ2) is 8.36. The van der Waals surface area contributed by atoms with Crippen LogP contribution in [-0.2, 0) is 4.79 Å². The van der Waals surface area contributed by atoms with Gasteiger partial charge in [0.15, 0.2) is 0 Å². The van der Waals surface area contributed by atoms with Gasteiger partial charge in [-0.1, -0.05) is 11.6 Å². The van der Waals surface area contributed by atoms with Gasteiger partial charge in [0, 0.05) is 10.8 Å². The van der Waals surface area contributed by atoms with Crippen LogP contribution in [0.25, 0.3) is 0 Å². The first-order valence-corrected chi connectivity index (χ1v) is 7.45. The number of halogens is 1. The molecule has 0 unspecified atom stereocenters. The van der Waals surface area contributed by atoms with E-state index in [1.165, 1.54) is 18.9 Å². The molecule has 0 saturated carbocycles. The Morgan fingerprint density at radius 2 is 2.25 bits per heavy atom. The summed E-state index contributed by atoms with van der Waals surface area (Å²) < 4.78 is 5.14. The number of ether oxygens (including phenoxy) is 1. The number of carbonyl (C=O) groups excluding carboxylic acids is 1. The second-order valence-corrected chi connectivity index (χ2v) is 5.96. The summed E-state index contributed by atoms with van der Waals surface area (Å²) in [6.07, 6.45) is -0.823. The molecule has 3 N–H and O–H groups in total. The van der Waals surface area contributed by atoms with E-state index in [2.05, 4.69) is 5.32 Å². The van der Waals surface area contributed by atoms with Gasteiger partial charge in [-0.2, -0.15) is 0 Å². The van der Waals surface area contributed by atoms with E-state index in [0.29, 0.717) is 16.5 Å². The molecule has 1 rings (SSSR count). The van der Waals surface area contributed by atoms with Gasteiger partial charge < -0.3 is 20.3 Å². The Morgan fingerprint density at radius 1 is 1.55 bits per heavy atom. The maximum absolute atomic E-state index is 12.0. The minimum Gasteiger partial charge on any atom is -0.495 e. The third-order valence-electron chi connectivity index (χ3n) is 2.54. The predicted molar refractivity (Wildman–Crippen MR) is 81.6 cm³/mol. The lowest BCUT2D eigenvalue weighted by Crippen LogP contribution is -2.25. The molecule has 2 atom stereocenters. The van der Waals surface area contributed by atoms with E-state index >= 15 is 0 Å². The van der Waals surface area contributed by atoms with Crippen LogP contribution in [0, 0.1) is 0 Å². The summed E-state index contributed by atoms with van der Waals surface area (Å²) in [5.74, 6) is 0.591. The van der Waals surface area contributed by atoms with Crippen LogP contribution < -0.4 is 10.1 Å². The molecule has 20 heavy (non-hydrogen) atoms. The van der Waals surface area contributed by atoms with E-state index in [1.807, 2.05) is 0 Å². The maximum Gasteiger partial charge on any atom is 0.237 e. The maximum atomic E-state index is 12.0. The number of aliphatic hydroxyl groups excluding tert-OH is 2. The Morgan fingerprint density at radius 3 is 2.85 bits per heavy atom. The molecule has 0 aliphatic carbocycles. The second-order valence-electron chi connectivity index (χ2n) is 4.15. The Labute approximate surface area is 127 Å². The molecule has 0 bridgehead atoms. The molecular formula is C13H18ClNO4S. The lowest BCUT2D eigenvalue weighted by atomic mass is 10.3. The van der Waals surface area contributed by atoms with Crippen LogP contribution in [0.5, 0.6) is 5.75 Å². The normalized spacial score (nSPS) is 13.7. The van der Waals surface area contributed by atoms with Gasteiger partial charge in [0.05, 0.1) is 30.8 Å². The lowest BCUT2D eigenvalue weighted by Gasteiger charge is -2.15. The molecule has 5 nitrogen and oxygen atoms in total. The fraction of sp³-hybridized carbons (Fsp3) is 0.462. The number of nitrogens with one attached hydrogen (secondary N) is 1. The molecule has 7 heteroatoms. The smallest absolute Gasteiger partial charge is 0.237 e. The summed E-state index contributed by atoms with van der Waals surface area (Å²) in [7, 11) is 1.51. The van der Waals surface area contributed by atoms with Crippen molar-refractivity contribution in [2.24, 2.45) is 0 Å². The van der Waals surface area contributed by atoms with Gasteiger partial charge in [0.25, 0.3) is 0 Å². The number of rotatable bonds is 7. The number of benzene rings is 1. The first-order valence-electron chi connectivity index (χ1n) is 6.02. The molecule has 0 radical (unpaired) electrons. The van der Waals surface area contributed by atoms with Gasteiger partial charge >= 0.3 is 0 Å². The van der Waals surface area contributed by atoms with Crippen molar-refractivity contribution >= 4 is 35.0 Å². The fourth-order valence-electron chi connectivity index (χ4n) is 1.40. The summed E-state index contributed by atoms with van der Waals surface area (Å²) in [5, 5.41) is 20.8. The van der Waals surface area contributed by atoms with E-state index in [0.717, 1.165) is 0 Å². The van der Waals surface area contributed by atoms with E-state index < -0.39 is 6.10 Å². The van der Waals surface area contributed by atoms with Gasteiger partial charge in [-0.25, -0.2) is 0 Å². The number of hydrogen-bond acceptors (Lipinski definition) is 5. The van der Waals surface area contributed by atoms with Crippen LogP contribution in [0.15, 0.2) is 18.2 Å². The molecule has 0 heterocycles. The monoisotopic (exact) mass is 319 g/mol. The number of hydrogen-bond donors (Lipinski definition) is 3. The predicted octanol–water partition coefficient (Wildman–Crippen LogP) is 1.76. The average molecular weight is 320 g/mol. The standard InChI is InChI=1S/C13H18ClNO4S/c1-8(20-7-10(17)6-16)13(18)15-11-5-9(14)3-4-12(11)19-2/h3-5,8,10,16-17H,6-7H2,1-2H3,(H,15,18)/t8-,10-/m0/s1. The Bertz CT molecular complexity index is 458. The highest BCUT2D eigenvalue weighted by atomic mass is 35.5. The lowest BCUT2D eigenvalue weighted by molar-refractivity contribution is -0.115. The largest absolute Gasteiger partial charge is 0.495 e. The number of thioether (sulfide) groups is 1. The van der Waals surface area contributed by atoms with Crippen LogP contribution in [0.2, 0.25) is 5.02 Å². The zero-order valence-corrected chi connectivity index (χ0v) is 12.9.